The summed E-state index contributed by atoms with van der Waals surface area (Å²) in [5.41, 5.74) is 6.90. The number of rotatable bonds is 3. The van der Waals surface area contributed by atoms with E-state index >= 15 is 0 Å². The molecule has 14 heavy (non-hydrogen) atoms. The van der Waals surface area contributed by atoms with E-state index in [0.29, 0.717) is 0 Å². The number of hydrogen-bond acceptors (Lipinski definition) is 2. The van der Waals surface area contributed by atoms with E-state index in [1.165, 1.54) is 3.57 Å². The third-order valence-electron chi connectivity index (χ3n) is 2.46. The lowest BCUT2D eigenvalue weighted by molar-refractivity contribution is 0.132. The Morgan fingerprint density at radius 2 is 2.14 bits per heavy atom. The molecule has 2 nitrogen and oxygen atoms in total. The normalized spacial score (nSPS) is 14.1. The van der Waals surface area contributed by atoms with Crippen molar-refractivity contribution < 1.29 is 5.11 Å². The monoisotopic (exact) mass is 305 g/mol. The number of aliphatic hydroxyl groups is 1. The Hall–Kier alpha value is -0.130. The summed E-state index contributed by atoms with van der Waals surface area (Å²) in [6.07, 6.45) is 0. The van der Waals surface area contributed by atoms with Crippen molar-refractivity contribution in [1.29, 1.82) is 0 Å². The lowest BCUT2D eigenvalue weighted by Crippen LogP contribution is -2.32. The quantitative estimate of drug-likeness (QED) is 0.842. The molecule has 3 N–H and O–H groups in total. The Labute approximate surface area is 98.7 Å². The van der Waals surface area contributed by atoms with E-state index in [-0.39, 0.29) is 18.1 Å². The van der Waals surface area contributed by atoms with Gasteiger partial charge in [0.2, 0.25) is 0 Å². The second-order valence-electron chi connectivity index (χ2n) is 4.18. The highest BCUT2D eigenvalue weighted by atomic mass is 127. The van der Waals surface area contributed by atoms with Gasteiger partial charge in [0.15, 0.2) is 0 Å². The van der Waals surface area contributed by atoms with E-state index in [2.05, 4.69) is 28.7 Å². The standard InChI is InChI=1S/C11H16INO/c1-11(2,7-14)10(13)8-4-3-5-9(12)6-8/h3-6,10,14H,7,13H2,1-2H3/t10-/m1/s1. The van der Waals surface area contributed by atoms with Gasteiger partial charge in [-0.25, -0.2) is 0 Å². The predicted molar refractivity (Wildman–Crippen MR) is 67.0 cm³/mol. The van der Waals surface area contributed by atoms with Crippen molar-refractivity contribution in [2.75, 3.05) is 6.61 Å². The summed E-state index contributed by atoms with van der Waals surface area (Å²) in [7, 11) is 0. The van der Waals surface area contributed by atoms with Crippen LogP contribution in [-0.4, -0.2) is 11.7 Å². The maximum atomic E-state index is 9.21. The van der Waals surface area contributed by atoms with E-state index in [9.17, 15) is 5.11 Å². The highest BCUT2D eigenvalue weighted by Crippen LogP contribution is 2.30. The molecule has 0 fully saturated rings. The first-order valence-corrected chi connectivity index (χ1v) is 5.67. The fourth-order valence-corrected chi connectivity index (χ4v) is 1.82. The fourth-order valence-electron chi connectivity index (χ4n) is 1.25. The summed E-state index contributed by atoms with van der Waals surface area (Å²) < 4.78 is 1.17. The average Bonchev–Trinajstić information content (AvgIpc) is 2.16. The van der Waals surface area contributed by atoms with Crippen molar-refractivity contribution in [2.24, 2.45) is 11.1 Å². The highest BCUT2D eigenvalue weighted by Gasteiger charge is 2.26. The lowest BCUT2D eigenvalue weighted by atomic mass is 9.82. The molecule has 0 aliphatic rings. The molecule has 0 saturated carbocycles. The van der Waals surface area contributed by atoms with Gasteiger partial charge in [0.05, 0.1) is 0 Å². The summed E-state index contributed by atoms with van der Waals surface area (Å²) in [6, 6.07) is 7.96. The van der Waals surface area contributed by atoms with Crippen molar-refractivity contribution in [3.63, 3.8) is 0 Å². The minimum absolute atomic E-state index is 0.0969. The van der Waals surface area contributed by atoms with Crippen LogP contribution in [-0.2, 0) is 0 Å². The maximum Gasteiger partial charge on any atom is 0.0500 e. The third kappa shape index (κ3) is 2.68. The zero-order chi connectivity index (χ0) is 10.8. The molecule has 0 radical (unpaired) electrons. The minimum atomic E-state index is -0.273. The van der Waals surface area contributed by atoms with Gasteiger partial charge in [0, 0.05) is 21.6 Å². The van der Waals surface area contributed by atoms with Gasteiger partial charge in [0.1, 0.15) is 0 Å². The molecule has 1 aromatic rings. The van der Waals surface area contributed by atoms with Gasteiger partial charge < -0.3 is 10.8 Å². The molecule has 3 heteroatoms. The molecule has 0 aliphatic carbocycles. The van der Waals surface area contributed by atoms with Crippen molar-refractivity contribution in [3.8, 4) is 0 Å². The summed E-state index contributed by atoms with van der Waals surface area (Å²) in [5.74, 6) is 0. The maximum absolute atomic E-state index is 9.21. The largest absolute Gasteiger partial charge is 0.396 e. The lowest BCUT2D eigenvalue weighted by Gasteiger charge is -2.29. The molecule has 0 heterocycles. The van der Waals surface area contributed by atoms with Gasteiger partial charge in [-0.05, 0) is 40.3 Å². The molecule has 0 amide bonds. The highest BCUT2D eigenvalue weighted by molar-refractivity contribution is 14.1. The summed E-state index contributed by atoms with van der Waals surface area (Å²) >= 11 is 2.26. The zero-order valence-electron chi connectivity index (χ0n) is 8.50. The zero-order valence-corrected chi connectivity index (χ0v) is 10.7. The number of aliphatic hydroxyl groups excluding tert-OH is 1. The van der Waals surface area contributed by atoms with Crippen LogP contribution in [0.3, 0.4) is 0 Å². The molecule has 0 spiro atoms. The molecule has 0 bridgehead atoms. The molecule has 1 atom stereocenters. The van der Waals surface area contributed by atoms with Crippen molar-refractivity contribution >= 4 is 22.6 Å². The van der Waals surface area contributed by atoms with Crippen LogP contribution in [0.1, 0.15) is 25.5 Å². The van der Waals surface area contributed by atoms with Crippen molar-refractivity contribution in [1.82, 2.24) is 0 Å². The topological polar surface area (TPSA) is 46.2 Å². The first kappa shape index (κ1) is 11.9. The Morgan fingerprint density at radius 1 is 1.50 bits per heavy atom. The Kier molecular flexibility index (Phi) is 3.92. The molecule has 0 aromatic heterocycles. The number of benzene rings is 1. The fraction of sp³-hybridized carbons (Fsp3) is 0.455. The van der Waals surface area contributed by atoms with Gasteiger partial charge in [0.25, 0.3) is 0 Å². The van der Waals surface area contributed by atoms with Crippen LogP contribution in [0.25, 0.3) is 0 Å². The molecular weight excluding hydrogens is 289 g/mol. The molecule has 1 aromatic carbocycles. The van der Waals surface area contributed by atoms with E-state index in [0.717, 1.165) is 5.56 Å². The second-order valence-corrected chi connectivity index (χ2v) is 5.43. The van der Waals surface area contributed by atoms with E-state index in [1.807, 2.05) is 32.0 Å². The Bertz CT molecular complexity index is 312. The van der Waals surface area contributed by atoms with Crippen LogP contribution in [0.2, 0.25) is 0 Å². The van der Waals surface area contributed by atoms with Crippen LogP contribution in [0, 0.1) is 8.99 Å². The van der Waals surface area contributed by atoms with Crippen LogP contribution in [0.4, 0.5) is 0 Å². The smallest absolute Gasteiger partial charge is 0.0500 e. The van der Waals surface area contributed by atoms with Crippen LogP contribution >= 0.6 is 22.6 Å². The number of hydrogen-bond donors (Lipinski definition) is 2. The molecule has 1 rings (SSSR count). The molecular formula is C11H16INO. The van der Waals surface area contributed by atoms with Crippen LogP contribution < -0.4 is 5.73 Å². The Balaban J connectivity index is 2.94. The number of nitrogens with two attached hydrogens (primary N) is 1. The summed E-state index contributed by atoms with van der Waals surface area (Å²) in [6.45, 7) is 4.04. The van der Waals surface area contributed by atoms with Crippen molar-refractivity contribution in [2.45, 2.75) is 19.9 Å². The van der Waals surface area contributed by atoms with E-state index in [4.69, 9.17) is 5.73 Å². The van der Waals surface area contributed by atoms with Gasteiger partial charge in [-0.3, -0.25) is 0 Å². The summed E-state index contributed by atoms with van der Waals surface area (Å²) in [5, 5.41) is 9.21. The molecule has 0 aliphatic heterocycles. The predicted octanol–water partition coefficient (Wildman–Crippen LogP) is 2.31. The van der Waals surface area contributed by atoms with E-state index < -0.39 is 0 Å². The van der Waals surface area contributed by atoms with Crippen LogP contribution in [0.5, 0.6) is 0 Å². The minimum Gasteiger partial charge on any atom is -0.396 e. The number of halogens is 1. The van der Waals surface area contributed by atoms with Crippen LogP contribution in [0.15, 0.2) is 24.3 Å². The second kappa shape index (κ2) is 4.59. The third-order valence-corrected chi connectivity index (χ3v) is 3.13. The first-order chi connectivity index (χ1) is 6.47. The van der Waals surface area contributed by atoms with Gasteiger partial charge in [-0.2, -0.15) is 0 Å². The van der Waals surface area contributed by atoms with Gasteiger partial charge >= 0.3 is 0 Å². The van der Waals surface area contributed by atoms with Gasteiger partial charge in [-0.1, -0.05) is 26.0 Å². The first-order valence-electron chi connectivity index (χ1n) is 4.59. The van der Waals surface area contributed by atoms with Gasteiger partial charge in [-0.15, -0.1) is 0 Å². The van der Waals surface area contributed by atoms with E-state index in [1.54, 1.807) is 0 Å². The molecule has 0 saturated heterocycles. The molecule has 78 valence electrons. The Morgan fingerprint density at radius 3 is 2.64 bits per heavy atom. The summed E-state index contributed by atoms with van der Waals surface area (Å²) in [4.78, 5) is 0. The van der Waals surface area contributed by atoms with Crippen molar-refractivity contribution in [3.05, 3.63) is 33.4 Å². The molecule has 0 unspecified atom stereocenters. The average molecular weight is 305 g/mol. The SMILES string of the molecule is CC(C)(CO)[C@H](N)c1cccc(I)c1.